The van der Waals surface area contributed by atoms with E-state index in [0.717, 1.165) is 30.8 Å². The maximum Gasteiger partial charge on any atom is 0.409 e. The summed E-state index contributed by atoms with van der Waals surface area (Å²) in [6.07, 6.45) is 2.02. The molecule has 174 valence electrons. The molecule has 0 spiro atoms. The molecule has 0 saturated carbocycles. The van der Waals surface area contributed by atoms with Gasteiger partial charge in [-0.15, -0.1) is 0 Å². The van der Waals surface area contributed by atoms with Gasteiger partial charge in [-0.1, -0.05) is 24.9 Å². The highest BCUT2D eigenvalue weighted by Crippen LogP contribution is 2.22. The van der Waals surface area contributed by atoms with Gasteiger partial charge in [-0.3, -0.25) is 9.36 Å². The van der Waals surface area contributed by atoms with Crippen LogP contribution in [-0.4, -0.2) is 68.9 Å². The second-order valence-corrected chi connectivity index (χ2v) is 8.46. The summed E-state index contributed by atoms with van der Waals surface area (Å²) in [4.78, 5) is 28.0. The van der Waals surface area contributed by atoms with E-state index in [9.17, 15) is 9.59 Å². The summed E-state index contributed by atoms with van der Waals surface area (Å²) in [7, 11) is 0. The zero-order chi connectivity index (χ0) is 23.1. The summed E-state index contributed by atoms with van der Waals surface area (Å²) in [5, 5.41) is 5.39. The number of aromatic nitrogens is 3. The number of piperazine rings is 1. The van der Waals surface area contributed by atoms with Crippen LogP contribution in [0.2, 0.25) is 5.02 Å². The van der Waals surface area contributed by atoms with E-state index >= 15 is 0 Å². The Kier molecular flexibility index (Phi) is 8.69. The minimum absolute atomic E-state index is 0.0339. The third-order valence-corrected chi connectivity index (χ3v) is 6.14. The Morgan fingerprint density at radius 3 is 2.34 bits per heavy atom. The van der Waals surface area contributed by atoms with Crippen molar-refractivity contribution in [1.29, 1.82) is 0 Å². The van der Waals surface area contributed by atoms with Gasteiger partial charge in [-0.25, -0.2) is 9.48 Å². The zero-order valence-electron chi connectivity index (χ0n) is 18.6. The predicted molar refractivity (Wildman–Crippen MR) is 126 cm³/mol. The Bertz CT molecular complexity index is 980. The van der Waals surface area contributed by atoms with Crippen molar-refractivity contribution in [1.82, 2.24) is 24.1 Å². The molecular weight excluding hydrogens is 450 g/mol. The molecule has 0 atom stereocenters. The van der Waals surface area contributed by atoms with E-state index in [-0.39, 0.29) is 12.0 Å². The third kappa shape index (κ3) is 5.89. The van der Waals surface area contributed by atoms with Crippen LogP contribution in [0.25, 0.3) is 11.4 Å². The average Bonchev–Trinajstić information content (AvgIpc) is 3.12. The van der Waals surface area contributed by atoms with Crippen molar-refractivity contribution in [2.45, 2.75) is 46.2 Å². The molecule has 1 aromatic carbocycles. The summed E-state index contributed by atoms with van der Waals surface area (Å²) >= 11 is 11.7. The minimum atomic E-state index is -0.321. The van der Waals surface area contributed by atoms with Gasteiger partial charge in [0, 0.05) is 49.7 Å². The molecule has 1 aromatic heterocycles. The van der Waals surface area contributed by atoms with E-state index in [1.54, 1.807) is 21.4 Å². The zero-order valence-corrected chi connectivity index (χ0v) is 20.2. The molecule has 1 aliphatic rings. The molecule has 0 bridgehead atoms. The number of carbonyl (C=O) groups is 2. The monoisotopic (exact) mass is 479 g/mol. The molecular formula is C22H30ClN5O3S. The lowest BCUT2D eigenvalue weighted by molar-refractivity contribution is -0.133. The summed E-state index contributed by atoms with van der Waals surface area (Å²) in [6, 6.07) is 7.53. The number of aryl methyl sites for hydroxylation is 1. The number of unbranched alkanes of at least 4 members (excludes halogenated alkanes) is 1. The van der Waals surface area contributed by atoms with Gasteiger partial charge in [0.1, 0.15) is 0 Å². The Hall–Kier alpha value is -2.39. The molecule has 1 fully saturated rings. The molecule has 1 aliphatic heterocycles. The summed E-state index contributed by atoms with van der Waals surface area (Å²) in [5.74, 6) is 0.821. The first kappa shape index (κ1) is 24.3. The van der Waals surface area contributed by atoms with Gasteiger partial charge in [0.2, 0.25) is 5.91 Å². The third-order valence-electron chi connectivity index (χ3n) is 5.46. The van der Waals surface area contributed by atoms with E-state index in [0.29, 0.717) is 55.5 Å². The van der Waals surface area contributed by atoms with Crippen LogP contribution in [0.5, 0.6) is 0 Å². The van der Waals surface area contributed by atoms with Crippen molar-refractivity contribution in [2.24, 2.45) is 0 Å². The fourth-order valence-electron chi connectivity index (χ4n) is 3.63. The fourth-order valence-corrected chi connectivity index (χ4v) is 4.07. The van der Waals surface area contributed by atoms with Gasteiger partial charge in [-0.05, 0) is 49.8 Å². The molecule has 0 unspecified atom stereocenters. The van der Waals surface area contributed by atoms with Crippen LogP contribution in [0, 0.1) is 4.77 Å². The molecule has 0 radical (unpaired) electrons. The SMILES string of the molecule is CCCCn1c(-c2ccc(Cl)cc2)nn(CCC(=O)N2CCN(C(=O)OCC)CC2)c1=S. The van der Waals surface area contributed by atoms with E-state index < -0.39 is 0 Å². The van der Waals surface area contributed by atoms with Crippen LogP contribution in [0.1, 0.15) is 33.1 Å². The minimum Gasteiger partial charge on any atom is -0.450 e. The molecule has 32 heavy (non-hydrogen) atoms. The van der Waals surface area contributed by atoms with Crippen molar-refractivity contribution in [3.05, 3.63) is 34.1 Å². The second kappa shape index (κ2) is 11.5. The van der Waals surface area contributed by atoms with Crippen LogP contribution < -0.4 is 0 Å². The van der Waals surface area contributed by atoms with Crippen LogP contribution >= 0.6 is 23.8 Å². The number of hydrogen-bond acceptors (Lipinski definition) is 5. The number of carbonyl (C=O) groups excluding carboxylic acids is 2. The summed E-state index contributed by atoms with van der Waals surface area (Å²) in [5.41, 5.74) is 0.941. The number of nitrogens with zero attached hydrogens (tertiary/aromatic N) is 5. The lowest BCUT2D eigenvalue weighted by Crippen LogP contribution is -2.50. The second-order valence-electron chi connectivity index (χ2n) is 7.66. The Morgan fingerprint density at radius 2 is 1.72 bits per heavy atom. The molecule has 0 N–H and O–H groups in total. The van der Waals surface area contributed by atoms with Crippen molar-refractivity contribution in [2.75, 3.05) is 32.8 Å². The number of rotatable bonds is 8. The molecule has 0 aliphatic carbocycles. The van der Waals surface area contributed by atoms with Gasteiger partial charge in [0.15, 0.2) is 10.6 Å². The first-order chi connectivity index (χ1) is 15.4. The number of halogens is 1. The molecule has 8 nitrogen and oxygen atoms in total. The lowest BCUT2D eigenvalue weighted by Gasteiger charge is -2.34. The lowest BCUT2D eigenvalue weighted by atomic mass is 10.2. The van der Waals surface area contributed by atoms with Crippen molar-refractivity contribution >= 4 is 35.8 Å². The number of amides is 2. The van der Waals surface area contributed by atoms with Crippen LogP contribution in [-0.2, 0) is 22.6 Å². The number of ether oxygens (including phenoxy) is 1. The van der Waals surface area contributed by atoms with E-state index in [1.807, 2.05) is 28.8 Å². The first-order valence-electron chi connectivity index (χ1n) is 11.1. The Labute approximate surface area is 198 Å². The molecule has 2 amide bonds. The summed E-state index contributed by atoms with van der Waals surface area (Å²) < 4.78 is 9.42. The highest BCUT2D eigenvalue weighted by atomic mass is 35.5. The van der Waals surface area contributed by atoms with Crippen molar-refractivity contribution in [3.63, 3.8) is 0 Å². The summed E-state index contributed by atoms with van der Waals surface area (Å²) in [6.45, 7) is 7.43. The van der Waals surface area contributed by atoms with Crippen molar-refractivity contribution < 1.29 is 14.3 Å². The topological polar surface area (TPSA) is 72.6 Å². The molecule has 3 rings (SSSR count). The molecule has 2 heterocycles. The Balaban J connectivity index is 1.66. The quantitative estimate of drug-likeness (QED) is 0.530. The Morgan fingerprint density at radius 1 is 1.06 bits per heavy atom. The largest absolute Gasteiger partial charge is 0.450 e. The van der Waals surface area contributed by atoms with Crippen LogP contribution in [0.4, 0.5) is 4.79 Å². The molecule has 1 saturated heterocycles. The maximum absolute atomic E-state index is 12.8. The van der Waals surface area contributed by atoms with E-state index in [1.165, 1.54) is 0 Å². The number of hydrogen-bond donors (Lipinski definition) is 0. The predicted octanol–water partition coefficient (Wildman–Crippen LogP) is 4.23. The maximum atomic E-state index is 12.8. The molecule has 2 aromatic rings. The first-order valence-corrected chi connectivity index (χ1v) is 11.9. The smallest absolute Gasteiger partial charge is 0.409 e. The van der Waals surface area contributed by atoms with Gasteiger partial charge in [0.05, 0.1) is 13.2 Å². The van der Waals surface area contributed by atoms with E-state index in [2.05, 4.69) is 6.92 Å². The van der Waals surface area contributed by atoms with Crippen LogP contribution in [0.3, 0.4) is 0 Å². The van der Waals surface area contributed by atoms with Gasteiger partial charge >= 0.3 is 6.09 Å². The highest BCUT2D eigenvalue weighted by molar-refractivity contribution is 7.71. The number of benzene rings is 1. The van der Waals surface area contributed by atoms with E-state index in [4.69, 9.17) is 33.7 Å². The van der Waals surface area contributed by atoms with Crippen LogP contribution in [0.15, 0.2) is 24.3 Å². The fraction of sp³-hybridized carbons (Fsp3) is 0.545. The van der Waals surface area contributed by atoms with Crippen molar-refractivity contribution in [3.8, 4) is 11.4 Å². The van der Waals surface area contributed by atoms with Gasteiger partial charge in [0.25, 0.3) is 0 Å². The highest BCUT2D eigenvalue weighted by Gasteiger charge is 2.25. The van der Waals surface area contributed by atoms with Gasteiger partial charge < -0.3 is 14.5 Å². The van der Waals surface area contributed by atoms with Gasteiger partial charge in [-0.2, -0.15) is 5.10 Å². The molecule has 10 heteroatoms. The normalized spacial score (nSPS) is 14.0. The average molecular weight is 480 g/mol. The standard InChI is InChI=1S/C22H30ClN5O3S/c1-3-5-11-27-20(17-6-8-18(23)9-7-17)24-28(21(27)32)12-10-19(29)25-13-15-26(16-14-25)22(30)31-4-2/h6-9H,3-5,10-16H2,1-2H3.